The molecule has 9 heteroatoms. The van der Waals surface area contributed by atoms with E-state index in [-0.39, 0.29) is 23.6 Å². The number of anilines is 3. The molecule has 2 aromatic carbocycles. The van der Waals surface area contributed by atoms with Crippen LogP contribution in [0.3, 0.4) is 0 Å². The Bertz CT molecular complexity index is 1240. The quantitative estimate of drug-likeness (QED) is 0.456. The maximum atomic E-state index is 14.8. The summed E-state index contributed by atoms with van der Waals surface area (Å²) in [7, 11) is 1.47. The van der Waals surface area contributed by atoms with Crippen molar-refractivity contribution < 1.29 is 9.13 Å². The van der Waals surface area contributed by atoms with Gasteiger partial charge in [-0.2, -0.15) is 15.1 Å². The lowest BCUT2D eigenvalue weighted by Crippen LogP contribution is -2.42. The van der Waals surface area contributed by atoms with Crippen LogP contribution in [-0.4, -0.2) is 39.9 Å². The van der Waals surface area contributed by atoms with E-state index in [1.807, 2.05) is 18.2 Å². The molecule has 0 radical (unpaired) electrons. The Labute approximate surface area is 178 Å². The number of rotatable bonds is 5. The van der Waals surface area contributed by atoms with E-state index in [4.69, 9.17) is 10.5 Å². The average Bonchev–Trinajstić information content (AvgIpc) is 3.24. The van der Waals surface area contributed by atoms with Crippen LogP contribution in [0.15, 0.2) is 48.7 Å². The van der Waals surface area contributed by atoms with E-state index < -0.39 is 0 Å². The highest BCUT2D eigenvalue weighted by atomic mass is 19.1. The minimum atomic E-state index is -0.332. The molecule has 3 heterocycles. The first-order chi connectivity index (χ1) is 15.1. The van der Waals surface area contributed by atoms with Crippen molar-refractivity contribution >= 4 is 28.5 Å². The van der Waals surface area contributed by atoms with Crippen LogP contribution in [0.2, 0.25) is 0 Å². The number of aromatic nitrogens is 4. The van der Waals surface area contributed by atoms with Crippen molar-refractivity contribution in [3.05, 3.63) is 65.6 Å². The highest BCUT2D eigenvalue weighted by Gasteiger charge is 2.26. The van der Waals surface area contributed by atoms with Gasteiger partial charge in [-0.15, -0.1) is 0 Å². The number of para-hydroxylation sites is 1. The van der Waals surface area contributed by atoms with Crippen LogP contribution in [0.4, 0.5) is 21.8 Å². The number of benzene rings is 2. The zero-order valence-electron chi connectivity index (χ0n) is 17.0. The molecule has 1 atom stereocenters. The summed E-state index contributed by atoms with van der Waals surface area (Å²) in [5.41, 5.74) is 9.31. The minimum absolute atomic E-state index is 0.0379. The number of nitrogens with zero attached hydrogens (tertiary/aromatic N) is 4. The fourth-order valence-corrected chi connectivity index (χ4v) is 4.13. The topological polar surface area (TPSA) is 105 Å². The molecule has 8 nitrogen and oxygen atoms in total. The van der Waals surface area contributed by atoms with E-state index in [0.29, 0.717) is 30.1 Å². The lowest BCUT2D eigenvalue weighted by Gasteiger charge is -2.37. The fourth-order valence-electron chi connectivity index (χ4n) is 4.13. The highest BCUT2D eigenvalue weighted by molar-refractivity contribution is 5.87. The Balaban J connectivity index is 1.46. The highest BCUT2D eigenvalue weighted by Crippen LogP contribution is 2.31. The predicted octanol–water partition coefficient (Wildman–Crippen LogP) is 3.13. The molecule has 0 bridgehead atoms. The van der Waals surface area contributed by atoms with E-state index in [0.717, 1.165) is 17.5 Å². The van der Waals surface area contributed by atoms with Crippen molar-refractivity contribution in [1.29, 1.82) is 0 Å². The standard InChI is InChI=1S/C22H22FN7O/c1-31-18-8-4-6-14(19(18)23)11-30-12-15(9-13-5-2-3-7-17(13)30)26-20-16-10-25-29-21(16)28-22(24)27-20/h2-8,10,15H,9,11-12H2,1H3,(H4,24,25,26,27,28,29). The van der Waals surface area contributed by atoms with Crippen molar-refractivity contribution in [2.45, 2.75) is 19.0 Å². The number of hydrogen-bond donors (Lipinski definition) is 3. The summed E-state index contributed by atoms with van der Waals surface area (Å²) in [6.45, 7) is 1.09. The van der Waals surface area contributed by atoms with Crippen molar-refractivity contribution in [1.82, 2.24) is 20.2 Å². The molecule has 0 fully saturated rings. The van der Waals surface area contributed by atoms with Gasteiger partial charge in [-0.3, -0.25) is 5.10 Å². The molecule has 0 saturated heterocycles. The van der Waals surface area contributed by atoms with Gasteiger partial charge in [-0.1, -0.05) is 30.3 Å². The van der Waals surface area contributed by atoms with Crippen LogP contribution < -0.4 is 20.7 Å². The molecule has 2 aromatic heterocycles. The van der Waals surface area contributed by atoms with Crippen molar-refractivity contribution in [3.63, 3.8) is 0 Å². The molecular weight excluding hydrogens is 397 g/mol. The lowest BCUT2D eigenvalue weighted by molar-refractivity contribution is 0.384. The van der Waals surface area contributed by atoms with Crippen LogP contribution in [-0.2, 0) is 13.0 Å². The Morgan fingerprint density at radius 3 is 2.97 bits per heavy atom. The van der Waals surface area contributed by atoms with Gasteiger partial charge in [-0.05, 0) is 24.1 Å². The molecule has 4 N–H and O–H groups in total. The smallest absolute Gasteiger partial charge is 0.224 e. The normalized spacial score (nSPS) is 15.7. The molecule has 1 aliphatic rings. The summed E-state index contributed by atoms with van der Waals surface area (Å²) < 4.78 is 20.0. The summed E-state index contributed by atoms with van der Waals surface area (Å²) in [5.74, 6) is 0.719. The van der Waals surface area contributed by atoms with E-state index in [1.54, 1.807) is 18.3 Å². The Kier molecular flexibility index (Phi) is 4.78. The second-order valence-corrected chi connectivity index (χ2v) is 7.55. The van der Waals surface area contributed by atoms with Crippen LogP contribution in [0, 0.1) is 5.82 Å². The molecule has 5 rings (SSSR count). The molecule has 1 unspecified atom stereocenters. The Morgan fingerprint density at radius 1 is 1.23 bits per heavy atom. The number of ether oxygens (including phenoxy) is 1. The van der Waals surface area contributed by atoms with Crippen LogP contribution >= 0.6 is 0 Å². The number of methoxy groups -OCH3 is 1. The van der Waals surface area contributed by atoms with Gasteiger partial charge in [-0.25, -0.2) is 4.39 Å². The largest absolute Gasteiger partial charge is 0.494 e. The van der Waals surface area contributed by atoms with Gasteiger partial charge in [0.15, 0.2) is 17.2 Å². The molecule has 31 heavy (non-hydrogen) atoms. The zero-order chi connectivity index (χ0) is 21.4. The van der Waals surface area contributed by atoms with Crippen LogP contribution in [0.25, 0.3) is 11.0 Å². The van der Waals surface area contributed by atoms with Crippen LogP contribution in [0.5, 0.6) is 5.75 Å². The first kappa shape index (κ1) is 19.1. The van der Waals surface area contributed by atoms with Gasteiger partial charge >= 0.3 is 0 Å². The molecule has 0 amide bonds. The first-order valence-corrected chi connectivity index (χ1v) is 9.99. The molecule has 158 valence electrons. The molecule has 4 aromatic rings. The fraction of sp³-hybridized carbons (Fsp3) is 0.227. The monoisotopic (exact) mass is 419 g/mol. The summed E-state index contributed by atoms with van der Waals surface area (Å²) in [5, 5.41) is 11.1. The summed E-state index contributed by atoms with van der Waals surface area (Å²) in [6, 6.07) is 13.4. The van der Waals surface area contributed by atoms with Crippen molar-refractivity contribution in [2.24, 2.45) is 0 Å². The van der Waals surface area contributed by atoms with E-state index in [2.05, 4.69) is 42.5 Å². The van der Waals surface area contributed by atoms with Gasteiger partial charge in [0.05, 0.1) is 18.7 Å². The minimum Gasteiger partial charge on any atom is -0.494 e. The molecule has 0 saturated carbocycles. The summed E-state index contributed by atoms with van der Waals surface area (Å²) in [4.78, 5) is 10.7. The zero-order valence-corrected chi connectivity index (χ0v) is 17.0. The number of nitrogens with one attached hydrogen (secondary N) is 2. The van der Waals surface area contributed by atoms with Crippen molar-refractivity contribution in [2.75, 3.05) is 29.6 Å². The average molecular weight is 419 g/mol. The van der Waals surface area contributed by atoms with Gasteiger partial charge in [0.2, 0.25) is 5.95 Å². The molecular formula is C22H22FN7O. The maximum absolute atomic E-state index is 14.8. The number of fused-ring (bicyclic) bond motifs is 2. The second kappa shape index (κ2) is 7.75. The van der Waals surface area contributed by atoms with Crippen LogP contribution in [0.1, 0.15) is 11.1 Å². The van der Waals surface area contributed by atoms with Gasteiger partial charge in [0, 0.05) is 30.4 Å². The molecule has 0 aliphatic carbocycles. The predicted molar refractivity (Wildman–Crippen MR) is 118 cm³/mol. The van der Waals surface area contributed by atoms with E-state index in [9.17, 15) is 4.39 Å². The lowest BCUT2D eigenvalue weighted by atomic mass is 9.97. The Morgan fingerprint density at radius 2 is 2.10 bits per heavy atom. The third-order valence-corrected chi connectivity index (χ3v) is 5.53. The number of H-pyrrole nitrogens is 1. The van der Waals surface area contributed by atoms with Gasteiger partial charge < -0.3 is 20.7 Å². The SMILES string of the molecule is COc1cccc(CN2CC(Nc3nc(N)nc4[nH]ncc34)Cc3ccccc32)c1F. The molecule has 1 aliphatic heterocycles. The van der Waals surface area contributed by atoms with E-state index >= 15 is 0 Å². The third-order valence-electron chi connectivity index (χ3n) is 5.53. The number of nitrogens with two attached hydrogens (primary N) is 1. The molecule has 0 spiro atoms. The second-order valence-electron chi connectivity index (χ2n) is 7.55. The Hall–Kier alpha value is -3.88. The van der Waals surface area contributed by atoms with Gasteiger partial charge in [0.25, 0.3) is 0 Å². The number of nitrogen functional groups attached to an aromatic ring is 1. The number of aromatic amines is 1. The summed E-state index contributed by atoms with van der Waals surface area (Å²) >= 11 is 0. The number of hydrogen-bond acceptors (Lipinski definition) is 7. The number of halogens is 1. The van der Waals surface area contributed by atoms with Crippen molar-refractivity contribution in [3.8, 4) is 5.75 Å². The third kappa shape index (κ3) is 3.58. The van der Waals surface area contributed by atoms with Gasteiger partial charge in [0.1, 0.15) is 5.82 Å². The summed E-state index contributed by atoms with van der Waals surface area (Å²) in [6.07, 6.45) is 2.48. The maximum Gasteiger partial charge on any atom is 0.224 e. The first-order valence-electron chi connectivity index (χ1n) is 9.99. The van der Waals surface area contributed by atoms with E-state index in [1.165, 1.54) is 12.7 Å².